The molecule has 23 heavy (non-hydrogen) atoms. The van der Waals surface area contributed by atoms with Crippen molar-refractivity contribution in [2.24, 2.45) is 0 Å². The van der Waals surface area contributed by atoms with Crippen molar-refractivity contribution in [2.75, 3.05) is 0 Å². The van der Waals surface area contributed by atoms with E-state index < -0.39 is 0 Å². The molecule has 0 aliphatic rings. The van der Waals surface area contributed by atoms with Crippen LogP contribution in [0.1, 0.15) is 17.3 Å². The number of aromatic nitrogens is 5. The zero-order valence-electron chi connectivity index (χ0n) is 13.1. The molecule has 1 aromatic carbocycles. The van der Waals surface area contributed by atoms with Crippen molar-refractivity contribution in [3.63, 3.8) is 0 Å². The third-order valence-corrected chi connectivity index (χ3v) is 4.27. The summed E-state index contributed by atoms with van der Waals surface area (Å²) in [5.41, 5.74) is 2.14. The molecule has 0 aliphatic heterocycles. The second kappa shape index (κ2) is 6.78. The topological polar surface area (TPSA) is 69.6 Å². The average molecular weight is 327 g/mol. The van der Waals surface area contributed by atoms with Gasteiger partial charge in [-0.1, -0.05) is 52.8 Å². The molecule has 118 valence electrons. The molecule has 0 saturated carbocycles. The van der Waals surface area contributed by atoms with Crippen LogP contribution in [0.3, 0.4) is 0 Å². The highest BCUT2D eigenvalue weighted by Gasteiger charge is 2.12. The Morgan fingerprint density at radius 3 is 2.74 bits per heavy atom. The van der Waals surface area contributed by atoms with Crippen molar-refractivity contribution in [1.82, 2.24) is 24.9 Å². The Morgan fingerprint density at radius 2 is 2.00 bits per heavy atom. The van der Waals surface area contributed by atoms with Crippen LogP contribution < -0.4 is 0 Å². The lowest BCUT2D eigenvalue weighted by Gasteiger charge is -2.03. The van der Waals surface area contributed by atoms with Crippen LogP contribution in [-0.4, -0.2) is 24.9 Å². The fourth-order valence-electron chi connectivity index (χ4n) is 2.07. The van der Waals surface area contributed by atoms with Gasteiger partial charge in [0, 0.05) is 12.1 Å². The largest absolute Gasteiger partial charge is 0.338 e. The zero-order chi connectivity index (χ0) is 16.2. The lowest BCUT2D eigenvalue weighted by atomic mass is 10.1. The predicted molar refractivity (Wildman–Crippen MR) is 89.0 cm³/mol. The smallest absolute Gasteiger partial charge is 0.237 e. The maximum absolute atomic E-state index is 5.32. The molecule has 2 heterocycles. The van der Waals surface area contributed by atoms with Crippen LogP contribution in [0.15, 0.2) is 46.6 Å². The molecule has 3 rings (SSSR count). The lowest BCUT2D eigenvalue weighted by molar-refractivity contribution is 0.391. The van der Waals surface area contributed by atoms with Gasteiger partial charge in [-0.05, 0) is 13.8 Å². The third kappa shape index (κ3) is 3.50. The molecule has 0 bridgehead atoms. The first-order valence-electron chi connectivity index (χ1n) is 7.20. The summed E-state index contributed by atoms with van der Waals surface area (Å²) in [4.78, 5) is 4.43. The zero-order valence-corrected chi connectivity index (χ0v) is 13.9. The second-order valence-corrected chi connectivity index (χ2v) is 6.04. The minimum absolute atomic E-state index is 0.550. The molecule has 3 aromatic rings. The van der Waals surface area contributed by atoms with E-state index >= 15 is 0 Å². The van der Waals surface area contributed by atoms with E-state index in [0.29, 0.717) is 24.0 Å². The van der Waals surface area contributed by atoms with Crippen molar-refractivity contribution >= 4 is 11.8 Å². The molecule has 2 aromatic heterocycles. The molecule has 7 heteroatoms. The summed E-state index contributed by atoms with van der Waals surface area (Å²) in [6.45, 7) is 8.40. The Labute approximate surface area is 138 Å². The minimum Gasteiger partial charge on any atom is -0.338 e. The fourth-order valence-corrected chi connectivity index (χ4v) is 2.90. The number of allylic oxidation sites excluding steroid dienone is 1. The van der Waals surface area contributed by atoms with Gasteiger partial charge in [0.2, 0.25) is 11.7 Å². The summed E-state index contributed by atoms with van der Waals surface area (Å²) in [7, 11) is 0. The van der Waals surface area contributed by atoms with Gasteiger partial charge in [0.15, 0.2) is 5.16 Å². The molecule has 0 aliphatic carbocycles. The molecular weight excluding hydrogens is 310 g/mol. The van der Waals surface area contributed by atoms with Crippen LogP contribution in [0.4, 0.5) is 0 Å². The number of benzene rings is 1. The molecule has 0 radical (unpaired) electrons. The van der Waals surface area contributed by atoms with Gasteiger partial charge >= 0.3 is 0 Å². The monoisotopic (exact) mass is 327 g/mol. The highest BCUT2D eigenvalue weighted by molar-refractivity contribution is 7.98. The lowest BCUT2D eigenvalue weighted by Crippen LogP contribution is -2.00. The summed E-state index contributed by atoms with van der Waals surface area (Å²) in [6, 6.07) is 8.03. The standard InChI is InChI=1S/C16H17N5OS/c1-4-9-21-12(3)18-19-16(21)23-10-14-17-15(20-22-14)13-7-5-11(2)6-8-13/h4-8H,1,9-10H2,2-3H3. The normalized spacial score (nSPS) is 10.9. The molecule has 0 unspecified atom stereocenters. The molecule has 0 atom stereocenters. The summed E-state index contributed by atoms with van der Waals surface area (Å²) >= 11 is 1.52. The Hall–Kier alpha value is -2.41. The highest BCUT2D eigenvalue weighted by atomic mass is 32.2. The van der Waals surface area contributed by atoms with Crippen molar-refractivity contribution < 1.29 is 4.52 Å². The average Bonchev–Trinajstić information content (AvgIpc) is 3.15. The Morgan fingerprint density at radius 1 is 1.22 bits per heavy atom. The maximum Gasteiger partial charge on any atom is 0.237 e. The van der Waals surface area contributed by atoms with E-state index in [9.17, 15) is 0 Å². The quantitative estimate of drug-likeness (QED) is 0.510. The first-order chi connectivity index (χ1) is 11.2. The molecular formula is C16H17N5OS. The van der Waals surface area contributed by atoms with Gasteiger partial charge in [0.25, 0.3) is 0 Å². The van der Waals surface area contributed by atoms with E-state index in [2.05, 4.69) is 26.9 Å². The third-order valence-electron chi connectivity index (χ3n) is 3.32. The minimum atomic E-state index is 0.550. The summed E-state index contributed by atoms with van der Waals surface area (Å²) in [6.07, 6.45) is 1.82. The molecule has 6 nitrogen and oxygen atoms in total. The van der Waals surface area contributed by atoms with Gasteiger partial charge in [-0.15, -0.1) is 16.8 Å². The van der Waals surface area contributed by atoms with Gasteiger partial charge < -0.3 is 9.09 Å². The first-order valence-corrected chi connectivity index (χ1v) is 8.19. The summed E-state index contributed by atoms with van der Waals surface area (Å²) in [5, 5.41) is 13.1. The number of aryl methyl sites for hydroxylation is 2. The van der Waals surface area contributed by atoms with Crippen LogP contribution in [0.2, 0.25) is 0 Å². The number of rotatable bonds is 6. The summed E-state index contributed by atoms with van der Waals surface area (Å²) in [5.74, 6) is 2.58. The Bertz CT molecular complexity index is 806. The van der Waals surface area contributed by atoms with E-state index in [1.54, 1.807) is 0 Å². The number of nitrogens with zero attached hydrogens (tertiary/aromatic N) is 5. The van der Waals surface area contributed by atoms with Gasteiger partial charge in [0.05, 0.1) is 5.75 Å². The SMILES string of the molecule is C=CCn1c(C)nnc1SCc1nc(-c2ccc(C)cc2)no1. The summed E-state index contributed by atoms with van der Waals surface area (Å²) < 4.78 is 7.31. The number of thioether (sulfide) groups is 1. The van der Waals surface area contributed by atoms with Crippen LogP contribution in [0, 0.1) is 13.8 Å². The fraction of sp³-hybridized carbons (Fsp3) is 0.250. The molecule has 0 saturated heterocycles. The second-order valence-electron chi connectivity index (χ2n) is 5.10. The first kappa shape index (κ1) is 15.5. The van der Waals surface area contributed by atoms with Gasteiger partial charge in [-0.2, -0.15) is 4.98 Å². The highest BCUT2D eigenvalue weighted by Crippen LogP contribution is 2.23. The molecule has 0 N–H and O–H groups in total. The predicted octanol–water partition coefficient (Wildman–Crippen LogP) is 3.42. The maximum atomic E-state index is 5.32. The van der Waals surface area contributed by atoms with Crippen LogP contribution in [0.5, 0.6) is 0 Å². The number of hydrogen-bond acceptors (Lipinski definition) is 6. The van der Waals surface area contributed by atoms with E-state index in [4.69, 9.17) is 4.52 Å². The molecule has 0 fully saturated rings. The van der Waals surface area contributed by atoms with E-state index in [-0.39, 0.29) is 0 Å². The van der Waals surface area contributed by atoms with Crippen LogP contribution >= 0.6 is 11.8 Å². The van der Waals surface area contributed by atoms with Crippen molar-refractivity contribution in [1.29, 1.82) is 0 Å². The van der Waals surface area contributed by atoms with Gasteiger partial charge in [0.1, 0.15) is 5.82 Å². The van der Waals surface area contributed by atoms with E-state index in [0.717, 1.165) is 16.5 Å². The number of hydrogen-bond donors (Lipinski definition) is 0. The van der Waals surface area contributed by atoms with Crippen LogP contribution in [-0.2, 0) is 12.3 Å². The Balaban J connectivity index is 1.70. The van der Waals surface area contributed by atoms with Gasteiger partial charge in [-0.25, -0.2) is 0 Å². The van der Waals surface area contributed by atoms with Crippen molar-refractivity contribution in [2.45, 2.75) is 31.3 Å². The molecule has 0 amide bonds. The van der Waals surface area contributed by atoms with Crippen molar-refractivity contribution in [3.05, 3.63) is 54.2 Å². The van der Waals surface area contributed by atoms with Crippen LogP contribution in [0.25, 0.3) is 11.4 Å². The van der Waals surface area contributed by atoms with Gasteiger partial charge in [-0.3, -0.25) is 0 Å². The van der Waals surface area contributed by atoms with Crippen molar-refractivity contribution in [3.8, 4) is 11.4 Å². The molecule has 0 spiro atoms. The van der Waals surface area contributed by atoms with E-state index in [1.165, 1.54) is 17.3 Å². The van der Waals surface area contributed by atoms with E-state index in [1.807, 2.05) is 48.8 Å². The Kier molecular flexibility index (Phi) is 4.57.